The van der Waals surface area contributed by atoms with Gasteiger partial charge < -0.3 is 20.1 Å². The summed E-state index contributed by atoms with van der Waals surface area (Å²) in [6.45, 7) is 2.82. The third kappa shape index (κ3) is 7.34. The van der Waals surface area contributed by atoms with Crippen molar-refractivity contribution in [1.29, 1.82) is 0 Å². The first-order valence-electron chi connectivity index (χ1n) is 8.64. The van der Waals surface area contributed by atoms with Crippen molar-refractivity contribution in [3.05, 3.63) is 35.6 Å². The molecule has 0 saturated carbocycles. The van der Waals surface area contributed by atoms with Crippen molar-refractivity contribution in [3.63, 3.8) is 0 Å². The van der Waals surface area contributed by atoms with Crippen molar-refractivity contribution in [3.8, 4) is 0 Å². The Kier molecular flexibility index (Phi) is 9.07. The summed E-state index contributed by atoms with van der Waals surface area (Å²) in [7, 11) is 2.37. The number of amides is 2. The number of methoxy groups -OCH3 is 2. The zero-order chi connectivity index (χ0) is 21.3. The molecule has 154 valence electrons. The molecular weight excluding hydrogens is 371 g/mol. The summed E-state index contributed by atoms with van der Waals surface area (Å²) >= 11 is 0. The second-order valence-electron chi connectivity index (χ2n) is 6.35. The lowest BCUT2D eigenvalue weighted by Crippen LogP contribution is -2.54. The van der Waals surface area contributed by atoms with E-state index in [0.717, 1.165) is 7.11 Å². The van der Waals surface area contributed by atoms with Gasteiger partial charge in [-0.15, -0.1) is 0 Å². The summed E-state index contributed by atoms with van der Waals surface area (Å²) in [6.07, 6.45) is -0.103. The Morgan fingerprint density at radius 2 is 1.79 bits per heavy atom. The predicted molar refractivity (Wildman–Crippen MR) is 97.5 cm³/mol. The Labute approximate surface area is 162 Å². The first-order valence-corrected chi connectivity index (χ1v) is 8.64. The second-order valence-corrected chi connectivity index (χ2v) is 6.35. The molecule has 2 amide bonds. The molecule has 28 heavy (non-hydrogen) atoms. The third-order valence-corrected chi connectivity index (χ3v) is 4.06. The summed E-state index contributed by atoms with van der Waals surface area (Å²) < 4.78 is 22.7. The van der Waals surface area contributed by atoms with Crippen LogP contribution in [0, 0.1) is 11.7 Å². The van der Waals surface area contributed by atoms with E-state index >= 15 is 0 Å². The van der Waals surface area contributed by atoms with Crippen LogP contribution in [0.4, 0.5) is 4.39 Å². The van der Waals surface area contributed by atoms with Crippen molar-refractivity contribution in [1.82, 2.24) is 10.6 Å². The number of rotatable bonds is 9. The lowest BCUT2D eigenvalue weighted by atomic mass is 9.97. The van der Waals surface area contributed by atoms with Gasteiger partial charge >= 0.3 is 11.9 Å². The fourth-order valence-electron chi connectivity index (χ4n) is 2.63. The summed E-state index contributed by atoms with van der Waals surface area (Å²) in [5, 5.41) is 4.99. The van der Waals surface area contributed by atoms with Crippen LogP contribution in [0.15, 0.2) is 24.3 Å². The van der Waals surface area contributed by atoms with E-state index in [1.54, 1.807) is 13.0 Å². The standard InChI is InChI=1S/C19H25FN2O6/c1-11(8-16(24)27-3)17(19(26)28-4)22-18(25)15(21-12(2)23)10-13-6-5-7-14(20)9-13/h5-7,9,11,15,17H,8,10H2,1-4H3,(H,21,23)(H,22,25)/t11-,15-,17+/m0/s1. The number of ether oxygens (including phenoxy) is 2. The Morgan fingerprint density at radius 1 is 1.11 bits per heavy atom. The molecule has 3 atom stereocenters. The van der Waals surface area contributed by atoms with Crippen LogP contribution >= 0.6 is 0 Å². The average Bonchev–Trinajstić information content (AvgIpc) is 2.64. The van der Waals surface area contributed by atoms with Crippen molar-refractivity contribution in [2.45, 2.75) is 38.8 Å². The zero-order valence-corrected chi connectivity index (χ0v) is 16.3. The molecule has 0 aromatic heterocycles. The molecule has 0 fully saturated rings. The van der Waals surface area contributed by atoms with E-state index < -0.39 is 47.6 Å². The topological polar surface area (TPSA) is 111 Å². The monoisotopic (exact) mass is 396 g/mol. The van der Waals surface area contributed by atoms with Crippen LogP contribution in [-0.2, 0) is 35.1 Å². The third-order valence-electron chi connectivity index (χ3n) is 4.06. The van der Waals surface area contributed by atoms with Crippen LogP contribution < -0.4 is 10.6 Å². The Morgan fingerprint density at radius 3 is 2.32 bits per heavy atom. The molecule has 0 aliphatic heterocycles. The molecule has 9 heteroatoms. The van der Waals surface area contributed by atoms with Gasteiger partial charge in [0.1, 0.15) is 17.9 Å². The number of benzene rings is 1. The fraction of sp³-hybridized carbons (Fsp3) is 0.474. The molecule has 8 nitrogen and oxygen atoms in total. The lowest BCUT2D eigenvalue weighted by Gasteiger charge is -2.25. The lowest BCUT2D eigenvalue weighted by molar-refractivity contribution is -0.148. The van der Waals surface area contributed by atoms with E-state index in [9.17, 15) is 23.6 Å². The molecule has 1 rings (SSSR count). The molecule has 0 bridgehead atoms. The van der Waals surface area contributed by atoms with Gasteiger partial charge in [0.25, 0.3) is 0 Å². The van der Waals surface area contributed by atoms with E-state index in [4.69, 9.17) is 4.74 Å². The Balaban J connectivity index is 2.98. The van der Waals surface area contributed by atoms with Gasteiger partial charge in [0.15, 0.2) is 0 Å². The number of hydrogen-bond acceptors (Lipinski definition) is 6. The smallest absolute Gasteiger partial charge is 0.328 e. The molecule has 0 heterocycles. The van der Waals surface area contributed by atoms with Crippen molar-refractivity contribution >= 4 is 23.8 Å². The molecule has 0 radical (unpaired) electrons. The van der Waals surface area contributed by atoms with Crippen LogP contribution in [0.1, 0.15) is 25.8 Å². The van der Waals surface area contributed by atoms with Gasteiger partial charge in [0.05, 0.1) is 20.6 Å². The highest BCUT2D eigenvalue weighted by Crippen LogP contribution is 2.13. The Bertz CT molecular complexity index is 724. The maximum Gasteiger partial charge on any atom is 0.328 e. The van der Waals surface area contributed by atoms with Gasteiger partial charge in [0.2, 0.25) is 11.8 Å². The minimum absolute atomic E-state index is 0.0163. The molecule has 1 aromatic rings. The quantitative estimate of drug-likeness (QED) is 0.596. The number of nitrogens with one attached hydrogen (secondary N) is 2. The van der Waals surface area contributed by atoms with E-state index in [2.05, 4.69) is 15.4 Å². The van der Waals surface area contributed by atoms with Crippen LogP contribution in [-0.4, -0.2) is 50.1 Å². The van der Waals surface area contributed by atoms with Gasteiger partial charge in [-0.3, -0.25) is 14.4 Å². The number of carbonyl (C=O) groups is 4. The van der Waals surface area contributed by atoms with Crippen molar-refractivity contribution < 1.29 is 33.0 Å². The SMILES string of the molecule is COC(=O)C[C@H](C)[C@@H](NC(=O)[C@H](Cc1cccc(F)c1)NC(C)=O)C(=O)OC. The van der Waals surface area contributed by atoms with Crippen molar-refractivity contribution in [2.75, 3.05) is 14.2 Å². The molecule has 2 N–H and O–H groups in total. The second kappa shape index (κ2) is 11.0. The van der Waals surface area contributed by atoms with E-state index in [1.165, 1.54) is 32.2 Å². The van der Waals surface area contributed by atoms with E-state index in [1.807, 2.05) is 0 Å². The summed E-state index contributed by atoms with van der Waals surface area (Å²) in [4.78, 5) is 47.8. The normalized spacial score (nSPS) is 13.6. The highest BCUT2D eigenvalue weighted by atomic mass is 19.1. The molecule has 0 saturated heterocycles. The minimum Gasteiger partial charge on any atom is -0.469 e. The van der Waals surface area contributed by atoms with Gasteiger partial charge in [-0.2, -0.15) is 0 Å². The molecule has 1 aromatic carbocycles. The average molecular weight is 396 g/mol. The van der Waals surface area contributed by atoms with Crippen LogP contribution in [0.2, 0.25) is 0 Å². The van der Waals surface area contributed by atoms with E-state index in [0.29, 0.717) is 5.56 Å². The molecule has 0 spiro atoms. The molecular formula is C19H25FN2O6. The van der Waals surface area contributed by atoms with Crippen LogP contribution in [0.3, 0.4) is 0 Å². The number of carbonyl (C=O) groups excluding carboxylic acids is 4. The number of hydrogen-bond donors (Lipinski definition) is 2. The highest BCUT2D eigenvalue weighted by molar-refractivity contribution is 5.90. The number of esters is 2. The molecule has 0 unspecified atom stereocenters. The van der Waals surface area contributed by atoms with Gasteiger partial charge in [-0.25, -0.2) is 9.18 Å². The fourth-order valence-corrected chi connectivity index (χ4v) is 2.63. The summed E-state index contributed by atoms with van der Waals surface area (Å²) in [5.74, 6) is -3.50. The van der Waals surface area contributed by atoms with Crippen molar-refractivity contribution in [2.24, 2.45) is 5.92 Å². The summed E-state index contributed by atoms with van der Waals surface area (Å²) in [6, 6.07) is 3.45. The Hall–Kier alpha value is -2.97. The molecule has 0 aliphatic carbocycles. The maximum atomic E-state index is 13.4. The predicted octanol–water partition coefficient (Wildman–Crippen LogP) is 0.730. The minimum atomic E-state index is -1.12. The maximum absolute atomic E-state index is 13.4. The van der Waals surface area contributed by atoms with Gasteiger partial charge in [-0.1, -0.05) is 19.1 Å². The molecule has 0 aliphatic rings. The van der Waals surface area contributed by atoms with E-state index in [-0.39, 0.29) is 12.8 Å². The van der Waals surface area contributed by atoms with Gasteiger partial charge in [0, 0.05) is 13.3 Å². The highest BCUT2D eigenvalue weighted by Gasteiger charge is 2.32. The first kappa shape index (κ1) is 23.1. The zero-order valence-electron chi connectivity index (χ0n) is 16.3. The largest absolute Gasteiger partial charge is 0.469 e. The van der Waals surface area contributed by atoms with Gasteiger partial charge in [-0.05, 0) is 23.6 Å². The first-order chi connectivity index (χ1) is 13.2. The van der Waals surface area contributed by atoms with Crippen LogP contribution in [0.25, 0.3) is 0 Å². The number of halogens is 1. The van der Waals surface area contributed by atoms with Crippen LogP contribution in [0.5, 0.6) is 0 Å². The summed E-state index contributed by atoms with van der Waals surface area (Å²) in [5.41, 5.74) is 0.492.